The molecule has 3 rings (SSSR count). The van der Waals surface area contributed by atoms with Crippen molar-refractivity contribution < 1.29 is 162 Å². The average molecular weight is 1950 g/mol. The lowest BCUT2D eigenvalue weighted by molar-refractivity contribution is -0.901. The smallest absolute Gasteiger partial charge is 0.407 e. The molecule has 0 saturated carbocycles. The van der Waals surface area contributed by atoms with Gasteiger partial charge >= 0.3 is 42.2 Å². The minimum Gasteiger partial charge on any atom is -1.00 e. The fourth-order valence-corrected chi connectivity index (χ4v) is 9.80. The van der Waals surface area contributed by atoms with Crippen LogP contribution in [0, 0.1) is 0 Å². The summed E-state index contributed by atoms with van der Waals surface area (Å²) in [5.41, 5.74) is 22.3. The summed E-state index contributed by atoms with van der Waals surface area (Å²) in [6.07, 6.45) is 4.60. The SMILES string of the molecule is CC(C)(C)OC(=O)C[N+](C)(CCN)CCN.CC(C)(C)OC(=O)C[N+](C)(CCN=C=O)CCN=C=O.CCCN(CCNC(=O)OCc1ccccc1)CC(=O)OC(C)(C)C.CCCNCCNC(=O)OCc1ccccc1.CCC[N+](C)(CCNC(=O)OCc1ccccc1)CC(=O)OC(C)(C)C.NCCNCCN.[I-].[I-].[I-]. The molecule has 3 aromatic rings. The zero-order valence-electron chi connectivity index (χ0n) is 71.7. The zero-order valence-corrected chi connectivity index (χ0v) is 78.2. The number of esters is 4. The van der Waals surface area contributed by atoms with Crippen molar-refractivity contribution in [3.63, 3.8) is 0 Å². The molecule has 3 amide bonds. The molecule has 0 fully saturated rings. The first-order chi connectivity index (χ1) is 52.1. The van der Waals surface area contributed by atoms with Gasteiger partial charge in [0, 0.05) is 65.4 Å². The second-order valence-corrected chi connectivity index (χ2v) is 30.9. The summed E-state index contributed by atoms with van der Waals surface area (Å²) in [6, 6.07) is 28.7. The Morgan fingerprint density at radius 3 is 1.03 bits per heavy atom. The molecular formula is C80H144I3N15O16. The monoisotopic (exact) mass is 1950 g/mol. The van der Waals surface area contributed by atoms with Gasteiger partial charge in [-0.1, -0.05) is 112 Å². The van der Waals surface area contributed by atoms with Gasteiger partial charge in [-0.15, -0.1) is 0 Å². The van der Waals surface area contributed by atoms with Crippen molar-refractivity contribution in [2.24, 2.45) is 32.9 Å². The minimum atomic E-state index is -0.552. The highest BCUT2D eigenvalue weighted by Crippen LogP contribution is 2.15. The van der Waals surface area contributed by atoms with Crippen LogP contribution in [0.3, 0.4) is 0 Å². The highest BCUT2D eigenvalue weighted by Gasteiger charge is 2.31. The Balaban J connectivity index is -0.000000314. The fraction of sp³-hybridized carbons (Fsp3) is 0.662. The van der Waals surface area contributed by atoms with Crippen molar-refractivity contribution in [2.75, 3.05) is 185 Å². The van der Waals surface area contributed by atoms with Gasteiger partial charge in [-0.05, 0) is 132 Å². The van der Waals surface area contributed by atoms with Crippen LogP contribution in [0.15, 0.2) is 101 Å². The summed E-state index contributed by atoms with van der Waals surface area (Å²) >= 11 is 0. The van der Waals surface area contributed by atoms with Crippen LogP contribution in [-0.2, 0) is 81.7 Å². The molecule has 0 aromatic heterocycles. The fourth-order valence-electron chi connectivity index (χ4n) is 9.80. The summed E-state index contributed by atoms with van der Waals surface area (Å²) in [7, 11) is 5.80. The maximum absolute atomic E-state index is 12.2. The molecule has 3 aromatic carbocycles. The average Bonchev–Trinajstić information content (AvgIpc) is 0.865. The number of amides is 3. The van der Waals surface area contributed by atoms with Crippen LogP contribution in [0.4, 0.5) is 14.4 Å². The zero-order chi connectivity index (χ0) is 84.7. The lowest BCUT2D eigenvalue weighted by atomic mass is 10.2. The van der Waals surface area contributed by atoms with Crippen molar-refractivity contribution in [2.45, 2.75) is 165 Å². The van der Waals surface area contributed by atoms with E-state index < -0.39 is 34.6 Å². The third-order valence-electron chi connectivity index (χ3n) is 14.7. The number of benzene rings is 3. The van der Waals surface area contributed by atoms with Crippen molar-refractivity contribution in [3.05, 3.63) is 108 Å². The lowest BCUT2D eigenvalue weighted by Gasteiger charge is -2.34. The van der Waals surface area contributed by atoms with Gasteiger partial charge < -0.3 is 168 Å². The Bertz CT molecular complexity index is 3040. The third-order valence-corrected chi connectivity index (χ3v) is 14.7. The van der Waals surface area contributed by atoms with E-state index in [4.69, 9.17) is 56.1 Å². The first kappa shape index (κ1) is 119. The van der Waals surface area contributed by atoms with E-state index in [1.807, 2.05) is 186 Å². The second-order valence-electron chi connectivity index (χ2n) is 30.9. The Morgan fingerprint density at radius 2 is 0.711 bits per heavy atom. The molecule has 13 N–H and O–H groups in total. The molecule has 0 aliphatic carbocycles. The number of rotatable bonds is 43. The van der Waals surface area contributed by atoms with Gasteiger partial charge in [-0.2, -0.15) is 9.98 Å². The van der Waals surface area contributed by atoms with E-state index in [9.17, 15) is 43.2 Å². The quantitative estimate of drug-likeness (QED) is 0.00544. The number of likely N-dealkylation sites (N-methyl/N-ethyl adjacent to an activating group) is 3. The van der Waals surface area contributed by atoms with E-state index in [1.165, 1.54) is 12.2 Å². The van der Waals surface area contributed by atoms with Gasteiger partial charge in [0.25, 0.3) is 0 Å². The number of quaternary nitrogens is 3. The Labute approximate surface area is 732 Å². The number of alkyl carbamates (subject to hydrolysis) is 3. The van der Waals surface area contributed by atoms with E-state index in [0.29, 0.717) is 94.1 Å². The highest BCUT2D eigenvalue weighted by atomic mass is 127. The first-order valence-electron chi connectivity index (χ1n) is 38.4. The number of nitrogens with two attached hydrogens (primary N) is 4. The predicted octanol–water partition coefficient (Wildman–Crippen LogP) is -2.37. The molecule has 0 radical (unpaired) electrons. The molecule has 0 spiro atoms. The number of carbonyl (C=O) groups is 7. The molecule has 0 bridgehead atoms. The lowest BCUT2D eigenvalue weighted by Crippen LogP contribution is -3.00. The van der Waals surface area contributed by atoms with Crippen LogP contribution in [0.1, 0.15) is 140 Å². The van der Waals surface area contributed by atoms with Gasteiger partial charge in [-0.25, -0.2) is 38.4 Å². The van der Waals surface area contributed by atoms with Crippen molar-refractivity contribution in [1.82, 2.24) is 31.5 Å². The number of isocyanates is 2. The summed E-state index contributed by atoms with van der Waals surface area (Å²) in [6.45, 7) is 43.2. The molecule has 0 aliphatic rings. The van der Waals surface area contributed by atoms with Crippen molar-refractivity contribution in [1.29, 1.82) is 0 Å². The Morgan fingerprint density at radius 1 is 0.386 bits per heavy atom. The predicted molar refractivity (Wildman–Crippen MR) is 435 cm³/mol. The summed E-state index contributed by atoms with van der Waals surface area (Å²) in [5.74, 6) is -1.02. The standard InChI is InChI=1S/C20H32N2O4.C19H30N2O4.C13H22N3O4.C13H20N2O2.C11H26N3O2.C4H13N3.3HI/c1-6-13-22(5,15-18(23)26-20(2,3)4)14-12-21-19(24)25-16-17-10-8-7-9-11-17;1-5-12-21(14-17(22)25-19(2,3)4)13-11-20-18(23)24-15-16-9-7-6-8-10-16;1-13(2,3)20-12(19)9-16(4,7-5-14-10-17)8-6-15-11-18;1-2-8-14-9-10-15-13(16)17-11-12-6-4-3-5-7-12;1-11(2,3)16-10(15)9-14(4,7-5-12)8-6-13;5-1-3-7-4-2-6;;;/h7-11H,6,12-16H2,1-5H3;6-10H,5,11-15H2,1-4H3,(H,20,23);5-9H2,1-4H3;3-7,14H,2,8-11H2,1H3,(H,15,16);5-9,12-13H2,1-4H3;7H,1-6H2;3*1H/q;;+1;;+1;;;;/p-2. The van der Waals surface area contributed by atoms with Gasteiger partial charge in [0.05, 0.1) is 73.5 Å². The van der Waals surface area contributed by atoms with E-state index in [1.54, 1.807) is 20.8 Å². The molecule has 34 heteroatoms. The normalized spacial score (nSPS) is 11.8. The van der Waals surface area contributed by atoms with Crippen LogP contribution < -0.4 is 121 Å². The number of ether oxygens (including phenoxy) is 7. The summed E-state index contributed by atoms with van der Waals surface area (Å²) < 4.78 is 38.1. The van der Waals surface area contributed by atoms with Crippen molar-refractivity contribution in [3.8, 4) is 0 Å². The van der Waals surface area contributed by atoms with Crippen molar-refractivity contribution >= 4 is 54.3 Å². The maximum atomic E-state index is 12.2. The molecule has 31 nitrogen and oxygen atoms in total. The number of carbonyl (C=O) groups excluding carboxylic acids is 9. The van der Waals surface area contributed by atoms with E-state index >= 15 is 0 Å². The highest BCUT2D eigenvalue weighted by molar-refractivity contribution is 5.73. The van der Waals surface area contributed by atoms with Crippen LogP contribution in [0.5, 0.6) is 0 Å². The van der Waals surface area contributed by atoms with Gasteiger partial charge in [0.1, 0.15) is 55.3 Å². The number of aliphatic imine (C=N–C) groups is 2. The van der Waals surface area contributed by atoms with Gasteiger partial charge in [0.2, 0.25) is 12.2 Å². The number of hydrogen-bond acceptors (Lipinski definition) is 25. The van der Waals surface area contributed by atoms with E-state index in [0.717, 1.165) is 88.3 Å². The van der Waals surface area contributed by atoms with E-state index in [-0.39, 0.29) is 152 Å². The molecule has 1 atom stereocenters. The topological polar surface area (TPSA) is 410 Å². The van der Waals surface area contributed by atoms with E-state index in [2.05, 4.69) is 50.4 Å². The second kappa shape index (κ2) is 70.0. The molecule has 1 unspecified atom stereocenters. The Hall–Kier alpha value is -6.10. The molecule has 0 heterocycles. The summed E-state index contributed by atoms with van der Waals surface area (Å²) in [5, 5.41) is 14.4. The molecule has 0 saturated heterocycles. The molecule has 114 heavy (non-hydrogen) atoms. The minimum absolute atomic E-state index is 0. The van der Waals surface area contributed by atoms with Crippen LogP contribution in [0.25, 0.3) is 0 Å². The first-order valence-corrected chi connectivity index (χ1v) is 38.4. The number of halogens is 3. The third kappa shape index (κ3) is 77.2. The largest absolute Gasteiger partial charge is 1.00 e. The number of nitrogens with zero attached hydrogens (tertiary/aromatic N) is 6. The maximum Gasteiger partial charge on any atom is 0.407 e. The number of nitrogens with one attached hydrogen (secondary N) is 5. The number of hydrogen-bond donors (Lipinski definition) is 9. The van der Waals surface area contributed by atoms with Crippen LogP contribution >= 0.6 is 0 Å². The van der Waals surface area contributed by atoms with Crippen LogP contribution in [-0.4, -0.2) is 280 Å². The van der Waals surface area contributed by atoms with Gasteiger partial charge in [-0.3, -0.25) is 9.69 Å². The van der Waals surface area contributed by atoms with Crippen LogP contribution in [0.2, 0.25) is 0 Å². The Kier molecular flexibility index (Phi) is 72.9. The molecule has 0 aliphatic heterocycles. The molecule has 656 valence electrons. The summed E-state index contributed by atoms with van der Waals surface area (Å²) in [4.78, 5) is 112. The molecular weight excluding hydrogens is 1810 g/mol. The van der Waals surface area contributed by atoms with Gasteiger partial charge in [0.15, 0.2) is 19.6 Å².